The van der Waals surface area contributed by atoms with Gasteiger partial charge in [-0.25, -0.2) is 9.37 Å². The van der Waals surface area contributed by atoms with Crippen LogP contribution in [0.25, 0.3) is 0 Å². The van der Waals surface area contributed by atoms with Crippen LogP contribution >= 0.6 is 22.9 Å². The Balaban J connectivity index is 2.02. The van der Waals surface area contributed by atoms with E-state index >= 15 is 0 Å². The molecule has 0 aliphatic rings. The van der Waals surface area contributed by atoms with Gasteiger partial charge < -0.3 is 5.32 Å². The molecule has 0 saturated heterocycles. The third kappa shape index (κ3) is 3.67. The number of thiazole rings is 1. The lowest BCUT2D eigenvalue weighted by Crippen LogP contribution is -2.11. The van der Waals surface area contributed by atoms with Crippen LogP contribution in [0, 0.1) is 5.82 Å². The van der Waals surface area contributed by atoms with Crippen molar-refractivity contribution in [3.8, 4) is 0 Å². The topological polar surface area (TPSA) is 24.9 Å². The van der Waals surface area contributed by atoms with Crippen molar-refractivity contribution in [2.75, 3.05) is 5.32 Å². The van der Waals surface area contributed by atoms with Crippen LogP contribution in [0.5, 0.6) is 0 Å². The van der Waals surface area contributed by atoms with E-state index in [9.17, 15) is 4.39 Å². The van der Waals surface area contributed by atoms with E-state index in [1.807, 2.05) is 0 Å². The minimum absolute atomic E-state index is 0.0567. The lowest BCUT2D eigenvalue weighted by molar-refractivity contribution is 0.571. The first-order chi connectivity index (χ1) is 8.86. The predicted molar refractivity (Wildman–Crippen MR) is 79.6 cm³/mol. The summed E-state index contributed by atoms with van der Waals surface area (Å²) in [5, 5.41) is 6.33. The summed E-state index contributed by atoms with van der Waals surface area (Å²) in [6.45, 7) is 6.98. The first-order valence-corrected chi connectivity index (χ1v) is 7.26. The number of anilines is 1. The van der Waals surface area contributed by atoms with Gasteiger partial charge >= 0.3 is 0 Å². The van der Waals surface area contributed by atoms with Gasteiger partial charge in [-0.15, -0.1) is 11.3 Å². The van der Waals surface area contributed by atoms with Crippen molar-refractivity contribution >= 4 is 28.6 Å². The summed E-state index contributed by atoms with van der Waals surface area (Å²) in [5.74, 6) is -0.416. The molecule has 0 amide bonds. The largest absolute Gasteiger partial charge is 0.378 e. The molecule has 5 heteroatoms. The number of rotatable bonds is 3. The van der Waals surface area contributed by atoms with Crippen molar-refractivity contribution in [3.63, 3.8) is 0 Å². The highest BCUT2D eigenvalue weighted by Crippen LogP contribution is 2.24. The van der Waals surface area contributed by atoms with E-state index in [0.29, 0.717) is 12.2 Å². The van der Waals surface area contributed by atoms with Crippen LogP contribution in [0.2, 0.25) is 5.02 Å². The van der Waals surface area contributed by atoms with E-state index in [2.05, 4.69) is 36.5 Å². The average Bonchev–Trinajstić information content (AvgIpc) is 2.79. The number of hydrogen-bond donors (Lipinski definition) is 1. The quantitative estimate of drug-likeness (QED) is 0.876. The van der Waals surface area contributed by atoms with Crippen molar-refractivity contribution < 1.29 is 4.39 Å². The Labute approximate surface area is 121 Å². The summed E-state index contributed by atoms with van der Waals surface area (Å²) < 4.78 is 13.3. The molecule has 19 heavy (non-hydrogen) atoms. The second kappa shape index (κ2) is 5.47. The smallest absolute Gasteiger partial charge is 0.143 e. The molecule has 102 valence electrons. The number of halogens is 2. The summed E-state index contributed by atoms with van der Waals surface area (Å²) in [4.78, 5) is 4.57. The zero-order valence-electron chi connectivity index (χ0n) is 11.1. The lowest BCUT2D eigenvalue weighted by Gasteiger charge is -2.14. The molecule has 1 heterocycles. The zero-order chi connectivity index (χ0) is 14.0. The summed E-state index contributed by atoms with van der Waals surface area (Å²) >= 11 is 7.25. The van der Waals surface area contributed by atoms with Gasteiger partial charge in [-0.3, -0.25) is 0 Å². The van der Waals surface area contributed by atoms with Gasteiger partial charge in [0.1, 0.15) is 10.8 Å². The average molecular weight is 299 g/mol. The Bertz CT molecular complexity index is 575. The van der Waals surface area contributed by atoms with Crippen LogP contribution in [-0.4, -0.2) is 4.98 Å². The number of aromatic nitrogens is 1. The fraction of sp³-hybridized carbons (Fsp3) is 0.357. The second-order valence-corrected chi connectivity index (χ2v) is 6.71. The Morgan fingerprint density at radius 1 is 1.37 bits per heavy atom. The van der Waals surface area contributed by atoms with Crippen LogP contribution in [0.1, 0.15) is 31.5 Å². The molecule has 2 nitrogen and oxygen atoms in total. The molecule has 0 atom stereocenters. The molecule has 2 aromatic rings. The molecule has 1 aromatic carbocycles. The van der Waals surface area contributed by atoms with Crippen molar-refractivity contribution in [2.24, 2.45) is 0 Å². The van der Waals surface area contributed by atoms with E-state index < -0.39 is 5.82 Å². The molecule has 0 unspecified atom stereocenters. The molecule has 0 aliphatic heterocycles. The number of hydrogen-bond acceptors (Lipinski definition) is 3. The molecular weight excluding hydrogens is 283 g/mol. The highest BCUT2D eigenvalue weighted by atomic mass is 35.5. The maximum Gasteiger partial charge on any atom is 0.143 e. The Hall–Kier alpha value is -1.13. The fourth-order valence-electron chi connectivity index (χ4n) is 1.52. The van der Waals surface area contributed by atoms with Gasteiger partial charge in [0.15, 0.2) is 0 Å². The predicted octanol–water partition coefficient (Wildman–Crippen LogP) is 4.85. The van der Waals surface area contributed by atoms with Gasteiger partial charge in [0.25, 0.3) is 0 Å². The van der Waals surface area contributed by atoms with Crippen molar-refractivity contribution in [2.45, 2.75) is 32.7 Å². The van der Waals surface area contributed by atoms with Gasteiger partial charge in [-0.1, -0.05) is 32.4 Å². The first-order valence-electron chi connectivity index (χ1n) is 6.00. The van der Waals surface area contributed by atoms with Crippen LogP contribution in [0.15, 0.2) is 23.6 Å². The molecule has 1 aromatic heterocycles. The van der Waals surface area contributed by atoms with Crippen LogP contribution in [0.4, 0.5) is 10.1 Å². The molecular formula is C14H16ClFN2S. The van der Waals surface area contributed by atoms with Crippen LogP contribution in [-0.2, 0) is 12.0 Å². The molecule has 0 bridgehead atoms. The molecule has 0 radical (unpaired) electrons. The Morgan fingerprint density at radius 2 is 2.11 bits per heavy atom. The normalized spacial score (nSPS) is 11.6. The van der Waals surface area contributed by atoms with E-state index in [0.717, 1.165) is 10.7 Å². The van der Waals surface area contributed by atoms with Gasteiger partial charge in [-0.05, 0) is 18.2 Å². The third-order valence-electron chi connectivity index (χ3n) is 2.68. The van der Waals surface area contributed by atoms with E-state index in [1.54, 1.807) is 23.5 Å². The summed E-state index contributed by atoms with van der Waals surface area (Å²) in [5.41, 5.74) is 1.84. The van der Waals surface area contributed by atoms with E-state index in [4.69, 9.17) is 11.6 Å². The Morgan fingerprint density at radius 3 is 2.68 bits per heavy atom. The van der Waals surface area contributed by atoms with Crippen LogP contribution in [0.3, 0.4) is 0 Å². The van der Waals surface area contributed by atoms with E-state index in [-0.39, 0.29) is 10.4 Å². The molecule has 1 N–H and O–H groups in total. The minimum atomic E-state index is -0.416. The summed E-state index contributed by atoms with van der Waals surface area (Å²) in [6, 6.07) is 4.69. The van der Waals surface area contributed by atoms with Crippen LogP contribution < -0.4 is 5.32 Å². The van der Waals surface area contributed by atoms with Crippen molar-refractivity contribution in [1.82, 2.24) is 4.98 Å². The monoisotopic (exact) mass is 298 g/mol. The zero-order valence-corrected chi connectivity index (χ0v) is 12.7. The molecule has 2 rings (SSSR count). The maximum atomic E-state index is 13.3. The Kier molecular flexibility index (Phi) is 4.11. The highest BCUT2D eigenvalue weighted by Gasteiger charge is 2.17. The highest BCUT2D eigenvalue weighted by molar-refractivity contribution is 7.09. The van der Waals surface area contributed by atoms with Gasteiger partial charge in [0, 0.05) is 16.5 Å². The molecule has 0 aliphatic carbocycles. The standard InChI is InChI=1S/C14H16ClFN2S/c1-14(2,3)12-8-19-13(18-12)7-17-9-4-5-10(15)11(16)6-9/h4-6,8,17H,7H2,1-3H3. The molecule has 0 saturated carbocycles. The van der Waals surface area contributed by atoms with Crippen molar-refractivity contribution in [1.29, 1.82) is 0 Å². The van der Waals surface area contributed by atoms with Crippen molar-refractivity contribution in [3.05, 3.63) is 45.1 Å². The third-order valence-corrected chi connectivity index (χ3v) is 3.84. The second-order valence-electron chi connectivity index (χ2n) is 5.36. The fourth-order valence-corrected chi connectivity index (χ4v) is 2.60. The number of nitrogens with one attached hydrogen (secondary N) is 1. The number of benzene rings is 1. The molecule has 0 fully saturated rings. The minimum Gasteiger partial charge on any atom is -0.378 e. The van der Waals surface area contributed by atoms with Gasteiger partial charge in [-0.2, -0.15) is 0 Å². The summed E-state index contributed by atoms with van der Waals surface area (Å²) in [6.07, 6.45) is 0. The first kappa shape index (κ1) is 14.3. The lowest BCUT2D eigenvalue weighted by atomic mass is 9.93. The van der Waals surface area contributed by atoms with E-state index in [1.165, 1.54) is 6.07 Å². The van der Waals surface area contributed by atoms with Gasteiger partial charge in [0.2, 0.25) is 0 Å². The number of nitrogens with zero attached hydrogens (tertiary/aromatic N) is 1. The molecule has 0 spiro atoms. The van der Waals surface area contributed by atoms with Gasteiger partial charge in [0.05, 0.1) is 17.3 Å². The SMILES string of the molecule is CC(C)(C)c1csc(CNc2ccc(Cl)c(F)c2)n1. The summed E-state index contributed by atoms with van der Waals surface area (Å²) in [7, 11) is 0. The maximum absolute atomic E-state index is 13.3.